The van der Waals surface area contributed by atoms with Gasteiger partial charge in [-0.15, -0.1) is 0 Å². The van der Waals surface area contributed by atoms with Gasteiger partial charge < -0.3 is 21.2 Å². The first-order valence-electron chi connectivity index (χ1n) is 8.26. The standard InChI is InChI=1S/C19H20ClN5O2/c1-23-19(22)25-18(26)17-8-14-15(20)6-13(7-16(14)24-17)27-10-12-4-2-11(9-21)3-5-12/h2-8,24H,9-10,21H2,1H3,(H3,22,23,25,26). The van der Waals surface area contributed by atoms with Crippen LogP contribution in [0.2, 0.25) is 5.02 Å². The number of aliphatic imine (C=N–C) groups is 1. The van der Waals surface area contributed by atoms with Crippen LogP contribution in [0, 0.1) is 0 Å². The van der Waals surface area contributed by atoms with Crippen molar-refractivity contribution in [3.63, 3.8) is 0 Å². The number of aromatic amines is 1. The molecule has 0 spiro atoms. The van der Waals surface area contributed by atoms with Crippen LogP contribution in [0.15, 0.2) is 47.5 Å². The number of hydrogen-bond acceptors (Lipinski definition) is 4. The van der Waals surface area contributed by atoms with Crippen LogP contribution < -0.4 is 21.5 Å². The number of benzene rings is 2. The minimum atomic E-state index is -0.396. The SMILES string of the molecule is CN=C(N)NC(=O)c1cc2c(Cl)cc(OCc3ccc(CN)cc3)cc2[nH]1. The summed E-state index contributed by atoms with van der Waals surface area (Å²) in [6.07, 6.45) is 0. The maximum atomic E-state index is 12.2. The summed E-state index contributed by atoms with van der Waals surface area (Å²) < 4.78 is 5.83. The van der Waals surface area contributed by atoms with E-state index in [4.69, 9.17) is 27.8 Å². The molecule has 0 bridgehead atoms. The Morgan fingerprint density at radius 1 is 1.22 bits per heavy atom. The molecular weight excluding hydrogens is 366 g/mol. The van der Waals surface area contributed by atoms with Gasteiger partial charge in [-0.2, -0.15) is 0 Å². The molecule has 0 aliphatic rings. The van der Waals surface area contributed by atoms with Gasteiger partial charge in [0.2, 0.25) is 0 Å². The van der Waals surface area contributed by atoms with Gasteiger partial charge in [0.1, 0.15) is 18.1 Å². The lowest BCUT2D eigenvalue weighted by Gasteiger charge is -2.08. The molecule has 0 radical (unpaired) electrons. The highest BCUT2D eigenvalue weighted by Crippen LogP contribution is 2.30. The van der Waals surface area contributed by atoms with E-state index in [0.717, 1.165) is 11.1 Å². The van der Waals surface area contributed by atoms with Gasteiger partial charge in [-0.05, 0) is 23.3 Å². The van der Waals surface area contributed by atoms with Crippen molar-refractivity contribution in [1.82, 2.24) is 10.3 Å². The van der Waals surface area contributed by atoms with Crippen molar-refractivity contribution < 1.29 is 9.53 Å². The van der Waals surface area contributed by atoms with Gasteiger partial charge in [-0.25, -0.2) is 0 Å². The monoisotopic (exact) mass is 385 g/mol. The Bertz CT molecular complexity index is 995. The number of nitrogens with one attached hydrogen (secondary N) is 2. The smallest absolute Gasteiger partial charge is 0.274 e. The molecule has 0 aliphatic heterocycles. The Labute approximate surface area is 161 Å². The van der Waals surface area contributed by atoms with Crippen molar-refractivity contribution in [2.24, 2.45) is 16.5 Å². The van der Waals surface area contributed by atoms with Crippen molar-refractivity contribution in [3.05, 3.63) is 64.3 Å². The summed E-state index contributed by atoms with van der Waals surface area (Å²) in [5, 5.41) is 3.67. The first kappa shape index (κ1) is 18.8. The Morgan fingerprint density at radius 3 is 2.59 bits per heavy atom. The van der Waals surface area contributed by atoms with Gasteiger partial charge in [0, 0.05) is 25.0 Å². The maximum Gasteiger partial charge on any atom is 0.274 e. The summed E-state index contributed by atoms with van der Waals surface area (Å²) >= 11 is 6.34. The largest absolute Gasteiger partial charge is 0.489 e. The van der Waals surface area contributed by atoms with E-state index in [1.54, 1.807) is 18.2 Å². The van der Waals surface area contributed by atoms with Crippen molar-refractivity contribution in [1.29, 1.82) is 0 Å². The van der Waals surface area contributed by atoms with Crippen LogP contribution in [0.3, 0.4) is 0 Å². The molecule has 3 rings (SSSR count). The van der Waals surface area contributed by atoms with E-state index >= 15 is 0 Å². The molecule has 140 valence electrons. The molecule has 1 amide bonds. The van der Waals surface area contributed by atoms with Crippen LogP contribution in [0.1, 0.15) is 21.6 Å². The van der Waals surface area contributed by atoms with E-state index in [1.165, 1.54) is 7.05 Å². The predicted molar refractivity (Wildman–Crippen MR) is 107 cm³/mol. The third-order valence-corrected chi connectivity index (χ3v) is 4.37. The lowest BCUT2D eigenvalue weighted by atomic mass is 10.1. The molecule has 3 aromatic rings. The summed E-state index contributed by atoms with van der Waals surface area (Å²) in [5.74, 6) is 0.237. The Balaban J connectivity index is 1.78. The Morgan fingerprint density at radius 2 is 1.93 bits per heavy atom. The minimum absolute atomic E-state index is 0.0365. The van der Waals surface area contributed by atoms with Crippen LogP contribution in [0.4, 0.5) is 0 Å². The predicted octanol–water partition coefficient (Wildman–Crippen LogP) is 2.53. The molecule has 8 heteroatoms. The lowest BCUT2D eigenvalue weighted by molar-refractivity contribution is 0.0972. The maximum absolute atomic E-state index is 12.2. The fourth-order valence-corrected chi connectivity index (χ4v) is 2.82. The van der Waals surface area contributed by atoms with Crippen molar-refractivity contribution in [3.8, 4) is 5.75 Å². The molecule has 2 aromatic carbocycles. The van der Waals surface area contributed by atoms with E-state index in [2.05, 4.69) is 15.3 Å². The normalized spacial score (nSPS) is 11.6. The number of halogens is 1. The van der Waals surface area contributed by atoms with Gasteiger partial charge >= 0.3 is 0 Å². The molecule has 0 atom stereocenters. The van der Waals surface area contributed by atoms with Crippen LogP contribution >= 0.6 is 11.6 Å². The zero-order chi connectivity index (χ0) is 19.4. The number of nitrogens with two attached hydrogens (primary N) is 2. The van der Waals surface area contributed by atoms with Crippen LogP contribution in [-0.4, -0.2) is 23.9 Å². The summed E-state index contributed by atoms with van der Waals surface area (Å²) in [6, 6.07) is 13.1. The van der Waals surface area contributed by atoms with Crippen molar-refractivity contribution in [2.75, 3.05) is 7.05 Å². The highest BCUT2D eigenvalue weighted by atomic mass is 35.5. The number of guanidine groups is 1. The number of ether oxygens (including phenoxy) is 1. The number of H-pyrrole nitrogens is 1. The average molecular weight is 386 g/mol. The van der Waals surface area contributed by atoms with Crippen molar-refractivity contribution >= 4 is 34.4 Å². The number of carbonyl (C=O) groups is 1. The Kier molecular flexibility index (Phi) is 5.63. The highest BCUT2D eigenvalue weighted by Gasteiger charge is 2.13. The summed E-state index contributed by atoms with van der Waals surface area (Å²) in [5.41, 5.74) is 14.2. The number of aromatic nitrogens is 1. The second-order valence-corrected chi connectivity index (χ2v) is 6.33. The van der Waals surface area contributed by atoms with E-state index < -0.39 is 5.91 Å². The molecule has 27 heavy (non-hydrogen) atoms. The van der Waals surface area contributed by atoms with E-state index in [0.29, 0.717) is 40.5 Å². The van der Waals surface area contributed by atoms with Crippen LogP contribution in [0.25, 0.3) is 10.9 Å². The van der Waals surface area contributed by atoms with E-state index in [-0.39, 0.29) is 5.96 Å². The zero-order valence-corrected chi connectivity index (χ0v) is 15.5. The highest BCUT2D eigenvalue weighted by molar-refractivity contribution is 6.35. The molecule has 1 heterocycles. The molecule has 0 fully saturated rings. The third-order valence-electron chi connectivity index (χ3n) is 4.05. The van der Waals surface area contributed by atoms with Gasteiger partial charge in [-0.3, -0.25) is 15.1 Å². The van der Waals surface area contributed by atoms with Gasteiger partial charge in [0.15, 0.2) is 5.96 Å². The molecule has 7 nitrogen and oxygen atoms in total. The number of fused-ring (bicyclic) bond motifs is 1. The number of hydrogen-bond donors (Lipinski definition) is 4. The number of nitrogens with zero attached hydrogens (tertiary/aromatic N) is 1. The summed E-state index contributed by atoms with van der Waals surface area (Å²) in [6.45, 7) is 0.899. The molecule has 0 saturated heterocycles. The molecule has 0 saturated carbocycles. The molecule has 6 N–H and O–H groups in total. The number of rotatable bonds is 5. The van der Waals surface area contributed by atoms with Gasteiger partial charge in [0.25, 0.3) is 5.91 Å². The third kappa shape index (κ3) is 4.39. The fraction of sp³-hybridized carbons (Fsp3) is 0.158. The first-order valence-corrected chi connectivity index (χ1v) is 8.64. The second kappa shape index (κ2) is 8.11. The van der Waals surface area contributed by atoms with E-state index in [1.807, 2.05) is 24.3 Å². The quantitative estimate of drug-likeness (QED) is 0.398. The van der Waals surface area contributed by atoms with Gasteiger partial charge in [0.05, 0.1) is 10.5 Å². The van der Waals surface area contributed by atoms with Crippen LogP contribution in [-0.2, 0) is 13.2 Å². The number of carbonyl (C=O) groups excluding carboxylic acids is 1. The average Bonchev–Trinajstić information content (AvgIpc) is 3.11. The molecule has 1 aromatic heterocycles. The van der Waals surface area contributed by atoms with E-state index in [9.17, 15) is 4.79 Å². The zero-order valence-electron chi connectivity index (χ0n) is 14.8. The lowest BCUT2D eigenvalue weighted by Crippen LogP contribution is -2.36. The number of amides is 1. The fourth-order valence-electron chi connectivity index (χ4n) is 2.55. The van der Waals surface area contributed by atoms with Crippen molar-refractivity contribution in [2.45, 2.75) is 13.2 Å². The van der Waals surface area contributed by atoms with Crippen LogP contribution in [0.5, 0.6) is 5.75 Å². The van der Waals surface area contributed by atoms with Gasteiger partial charge in [-0.1, -0.05) is 35.9 Å². The molecule has 0 unspecified atom stereocenters. The summed E-state index contributed by atoms with van der Waals surface area (Å²) in [7, 11) is 1.49. The second-order valence-electron chi connectivity index (χ2n) is 5.92. The topological polar surface area (TPSA) is 119 Å². The molecule has 0 aliphatic carbocycles. The molecular formula is C19H20ClN5O2. The minimum Gasteiger partial charge on any atom is -0.489 e. The first-order chi connectivity index (χ1) is 13.0. The Hall–Kier alpha value is -3.03. The summed E-state index contributed by atoms with van der Waals surface area (Å²) in [4.78, 5) is 18.9.